The highest BCUT2D eigenvalue weighted by atomic mass is 32.2. The summed E-state index contributed by atoms with van der Waals surface area (Å²) in [6.07, 6.45) is 0.319. The van der Waals surface area contributed by atoms with Crippen molar-refractivity contribution in [2.75, 3.05) is 25.7 Å². The van der Waals surface area contributed by atoms with Gasteiger partial charge in [-0.15, -0.1) is 0 Å². The van der Waals surface area contributed by atoms with Crippen LogP contribution in [0.1, 0.15) is 5.56 Å². The summed E-state index contributed by atoms with van der Waals surface area (Å²) in [6, 6.07) is 5.91. The zero-order chi connectivity index (χ0) is 12.1. The third-order valence-electron chi connectivity index (χ3n) is 2.55. The van der Waals surface area contributed by atoms with E-state index in [1.54, 1.807) is 14.2 Å². The molecule has 1 N–H and O–H groups in total. The molecule has 94 valence electrons. The van der Waals surface area contributed by atoms with Gasteiger partial charge in [-0.1, -0.05) is 6.07 Å². The first-order valence-electron chi connectivity index (χ1n) is 5.50. The molecule has 0 unspecified atom stereocenters. The lowest BCUT2D eigenvalue weighted by atomic mass is 10.2. The molecule has 5 heteroatoms. The molecule has 0 aromatic heterocycles. The molecule has 0 aliphatic carbocycles. The van der Waals surface area contributed by atoms with Gasteiger partial charge in [0.15, 0.2) is 11.5 Å². The third kappa shape index (κ3) is 3.28. The van der Waals surface area contributed by atoms with Crippen LogP contribution in [0.25, 0.3) is 0 Å². The zero-order valence-corrected chi connectivity index (χ0v) is 10.9. The smallest absolute Gasteiger partial charge is 0.161 e. The number of ether oxygens (including phenoxy) is 2. The SMILES string of the molecule is CONCc1ccc(OC)c(OC2CSC2)c1. The van der Waals surface area contributed by atoms with Gasteiger partial charge in [0.25, 0.3) is 0 Å². The summed E-state index contributed by atoms with van der Waals surface area (Å²) in [7, 11) is 3.26. The summed E-state index contributed by atoms with van der Waals surface area (Å²) < 4.78 is 11.2. The Labute approximate surface area is 106 Å². The monoisotopic (exact) mass is 255 g/mol. The topological polar surface area (TPSA) is 39.7 Å². The molecule has 0 radical (unpaired) electrons. The highest BCUT2D eigenvalue weighted by molar-refractivity contribution is 8.00. The Morgan fingerprint density at radius 2 is 2.12 bits per heavy atom. The Hall–Kier alpha value is -0.910. The number of methoxy groups -OCH3 is 1. The van der Waals surface area contributed by atoms with Crippen molar-refractivity contribution in [1.82, 2.24) is 5.48 Å². The summed E-state index contributed by atoms with van der Waals surface area (Å²) in [5, 5.41) is 0. The Morgan fingerprint density at radius 1 is 1.29 bits per heavy atom. The quantitative estimate of drug-likeness (QED) is 0.785. The molecule has 0 saturated carbocycles. The molecule has 2 rings (SSSR count). The maximum atomic E-state index is 5.88. The van der Waals surface area contributed by atoms with Crippen LogP contribution in [-0.4, -0.2) is 31.8 Å². The number of hydrogen-bond acceptors (Lipinski definition) is 5. The van der Waals surface area contributed by atoms with Crippen LogP contribution >= 0.6 is 11.8 Å². The Kier molecular flexibility index (Phi) is 4.53. The van der Waals surface area contributed by atoms with Crippen LogP contribution in [0.5, 0.6) is 11.5 Å². The fourth-order valence-corrected chi connectivity index (χ4v) is 2.10. The minimum absolute atomic E-state index is 0.319. The number of hydroxylamine groups is 1. The standard InChI is InChI=1S/C12H17NO3S/c1-14-11-4-3-9(6-13-15-2)5-12(11)16-10-7-17-8-10/h3-5,10,13H,6-8H2,1-2H3. The molecule has 0 bridgehead atoms. The van der Waals surface area contributed by atoms with Crippen molar-refractivity contribution in [3.63, 3.8) is 0 Å². The molecule has 0 atom stereocenters. The van der Waals surface area contributed by atoms with Gasteiger partial charge in [0.05, 0.1) is 14.2 Å². The highest BCUT2D eigenvalue weighted by Gasteiger charge is 2.21. The summed E-state index contributed by atoms with van der Waals surface area (Å²) in [6.45, 7) is 0.649. The highest BCUT2D eigenvalue weighted by Crippen LogP contribution is 2.32. The van der Waals surface area contributed by atoms with E-state index < -0.39 is 0 Å². The lowest BCUT2D eigenvalue weighted by Gasteiger charge is -2.26. The molecular weight excluding hydrogens is 238 g/mol. The van der Waals surface area contributed by atoms with Crippen molar-refractivity contribution >= 4 is 11.8 Å². The van der Waals surface area contributed by atoms with Crippen molar-refractivity contribution in [2.45, 2.75) is 12.6 Å². The predicted octanol–water partition coefficient (Wildman–Crippen LogP) is 1.84. The molecule has 1 aromatic carbocycles. The largest absolute Gasteiger partial charge is 0.493 e. The summed E-state index contributed by atoms with van der Waals surface area (Å²) in [4.78, 5) is 4.83. The molecule has 17 heavy (non-hydrogen) atoms. The van der Waals surface area contributed by atoms with Crippen LogP contribution < -0.4 is 15.0 Å². The molecule has 0 spiro atoms. The molecule has 1 fully saturated rings. The summed E-state index contributed by atoms with van der Waals surface area (Å²) in [5.41, 5.74) is 3.92. The molecule has 1 aromatic rings. The van der Waals surface area contributed by atoms with Crippen LogP contribution in [-0.2, 0) is 11.4 Å². The van der Waals surface area contributed by atoms with Crippen molar-refractivity contribution in [2.24, 2.45) is 0 Å². The molecule has 1 aliphatic heterocycles. The molecule has 1 aliphatic rings. The second-order valence-electron chi connectivity index (χ2n) is 3.79. The van der Waals surface area contributed by atoms with Gasteiger partial charge >= 0.3 is 0 Å². The minimum atomic E-state index is 0.319. The fraction of sp³-hybridized carbons (Fsp3) is 0.500. The summed E-state index contributed by atoms with van der Waals surface area (Å²) in [5.74, 6) is 3.71. The van der Waals surface area contributed by atoms with Gasteiger partial charge in [-0.05, 0) is 17.7 Å². The molecule has 1 saturated heterocycles. The van der Waals surface area contributed by atoms with E-state index >= 15 is 0 Å². The van der Waals surface area contributed by atoms with Crippen molar-refractivity contribution in [3.8, 4) is 11.5 Å². The van der Waals surface area contributed by atoms with Crippen LogP contribution in [0.15, 0.2) is 18.2 Å². The van der Waals surface area contributed by atoms with Crippen molar-refractivity contribution < 1.29 is 14.3 Å². The van der Waals surface area contributed by atoms with Gasteiger partial charge in [-0.2, -0.15) is 17.2 Å². The van der Waals surface area contributed by atoms with E-state index in [-0.39, 0.29) is 0 Å². The summed E-state index contributed by atoms with van der Waals surface area (Å²) >= 11 is 1.90. The van der Waals surface area contributed by atoms with Crippen LogP contribution in [0.3, 0.4) is 0 Å². The zero-order valence-electron chi connectivity index (χ0n) is 10.1. The van der Waals surface area contributed by atoms with Gasteiger partial charge in [-0.3, -0.25) is 0 Å². The van der Waals surface area contributed by atoms with E-state index in [0.717, 1.165) is 28.6 Å². The Bertz CT molecular complexity index is 369. The average molecular weight is 255 g/mol. The fourth-order valence-electron chi connectivity index (χ4n) is 1.54. The van der Waals surface area contributed by atoms with Gasteiger partial charge in [0.2, 0.25) is 0 Å². The first-order chi connectivity index (χ1) is 8.33. The molecule has 1 heterocycles. The number of nitrogens with one attached hydrogen (secondary N) is 1. The van der Waals surface area contributed by atoms with Crippen molar-refractivity contribution in [1.29, 1.82) is 0 Å². The van der Waals surface area contributed by atoms with E-state index in [1.807, 2.05) is 30.0 Å². The van der Waals surface area contributed by atoms with Crippen LogP contribution in [0.2, 0.25) is 0 Å². The molecule has 4 nitrogen and oxygen atoms in total. The second-order valence-corrected chi connectivity index (χ2v) is 4.86. The van der Waals surface area contributed by atoms with Crippen molar-refractivity contribution in [3.05, 3.63) is 23.8 Å². The first-order valence-corrected chi connectivity index (χ1v) is 6.66. The lowest BCUT2D eigenvalue weighted by molar-refractivity contribution is 0.0866. The molecular formula is C12H17NO3S. The Balaban J connectivity index is 2.07. The van der Waals surface area contributed by atoms with E-state index in [4.69, 9.17) is 14.3 Å². The average Bonchev–Trinajstić information content (AvgIpc) is 2.31. The van der Waals surface area contributed by atoms with Gasteiger partial charge in [0, 0.05) is 18.1 Å². The van der Waals surface area contributed by atoms with Gasteiger partial charge in [-0.25, -0.2) is 0 Å². The number of rotatable bonds is 6. The van der Waals surface area contributed by atoms with Crippen LogP contribution in [0.4, 0.5) is 0 Å². The second kappa shape index (κ2) is 6.14. The normalized spacial score (nSPS) is 15.4. The lowest BCUT2D eigenvalue weighted by Crippen LogP contribution is -2.31. The Morgan fingerprint density at radius 3 is 2.71 bits per heavy atom. The van der Waals surface area contributed by atoms with Gasteiger partial charge < -0.3 is 14.3 Å². The number of hydrogen-bond donors (Lipinski definition) is 1. The predicted molar refractivity (Wildman–Crippen MR) is 68.6 cm³/mol. The number of thioether (sulfide) groups is 1. The molecule has 0 amide bonds. The maximum Gasteiger partial charge on any atom is 0.161 e. The van der Waals surface area contributed by atoms with Gasteiger partial charge in [0.1, 0.15) is 6.10 Å². The van der Waals surface area contributed by atoms with E-state index in [1.165, 1.54) is 0 Å². The minimum Gasteiger partial charge on any atom is -0.493 e. The first kappa shape index (κ1) is 12.5. The van der Waals surface area contributed by atoms with E-state index in [2.05, 4.69) is 5.48 Å². The maximum absolute atomic E-state index is 5.88. The number of benzene rings is 1. The third-order valence-corrected chi connectivity index (χ3v) is 3.76. The van der Waals surface area contributed by atoms with E-state index in [0.29, 0.717) is 12.6 Å². The van der Waals surface area contributed by atoms with Crippen LogP contribution in [0, 0.1) is 0 Å². The van der Waals surface area contributed by atoms with E-state index in [9.17, 15) is 0 Å².